The number of aliphatic hydroxyl groups is 1. The van der Waals surface area contributed by atoms with Gasteiger partial charge in [0.1, 0.15) is 0 Å². The molecule has 1 aromatic carbocycles. The van der Waals surface area contributed by atoms with Crippen LogP contribution in [0.3, 0.4) is 0 Å². The van der Waals surface area contributed by atoms with E-state index in [9.17, 15) is 8.42 Å². The Morgan fingerprint density at radius 1 is 1.33 bits per heavy atom. The summed E-state index contributed by atoms with van der Waals surface area (Å²) in [6.07, 6.45) is 2.67. The Morgan fingerprint density at radius 3 is 2.67 bits per heavy atom. The zero-order valence-corrected chi connectivity index (χ0v) is 9.03. The molecule has 1 heterocycles. The van der Waals surface area contributed by atoms with E-state index in [1.165, 1.54) is 10.2 Å². The number of nitrogens with zero attached hydrogens (tertiary/aromatic N) is 1. The summed E-state index contributed by atoms with van der Waals surface area (Å²) in [6.45, 7) is -0.0924. The van der Waals surface area contributed by atoms with Crippen molar-refractivity contribution in [2.24, 2.45) is 0 Å². The summed E-state index contributed by atoms with van der Waals surface area (Å²) in [5.41, 5.74) is 1.30. The van der Waals surface area contributed by atoms with Crippen molar-refractivity contribution in [1.29, 1.82) is 0 Å². The van der Waals surface area contributed by atoms with Crippen molar-refractivity contribution in [2.45, 2.75) is 6.61 Å². The van der Waals surface area contributed by atoms with Gasteiger partial charge in [0.05, 0.1) is 18.4 Å². The topological polar surface area (TPSA) is 59.3 Å². The average Bonchev–Trinajstić information content (AvgIpc) is 2.59. The minimum atomic E-state index is -3.28. The molecule has 0 unspecified atom stereocenters. The zero-order chi connectivity index (χ0) is 11.1. The molecule has 4 nitrogen and oxygen atoms in total. The summed E-state index contributed by atoms with van der Waals surface area (Å²) in [7, 11) is -3.28. The van der Waals surface area contributed by atoms with Crippen molar-refractivity contribution in [3.05, 3.63) is 36.0 Å². The molecule has 0 aliphatic heterocycles. The van der Waals surface area contributed by atoms with E-state index < -0.39 is 10.0 Å². The van der Waals surface area contributed by atoms with Crippen LogP contribution in [0.5, 0.6) is 0 Å². The van der Waals surface area contributed by atoms with Crippen molar-refractivity contribution in [3.63, 3.8) is 0 Å². The second-order valence-corrected chi connectivity index (χ2v) is 5.29. The fourth-order valence-corrected chi connectivity index (χ4v) is 2.33. The fourth-order valence-electron chi connectivity index (χ4n) is 1.54. The van der Waals surface area contributed by atoms with Crippen LogP contribution < -0.4 is 0 Å². The maximum atomic E-state index is 11.4. The number of hydrogen-bond donors (Lipinski definition) is 1. The first kappa shape index (κ1) is 10.2. The van der Waals surface area contributed by atoms with Gasteiger partial charge in [-0.1, -0.05) is 12.1 Å². The fraction of sp³-hybridized carbons (Fsp3) is 0.200. The number of rotatable bonds is 2. The van der Waals surface area contributed by atoms with Crippen LogP contribution >= 0.6 is 0 Å². The van der Waals surface area contributed by atoms with Gasteiger partial charge in [-0.05, 0) is 17.7 Å². The first-order valence-electron chi connectivity index (χ1n) is 4.44. The molecule has 0 spiro atoms. The van der Waals surface area contributed by atoms with Crippen LogP contribution in [0.4, 0.5) is 0 Å². The molecule has 5 heteroatoms. The second-order valence-electron chi connectivity index (χ2n) is 3.43. The van der Waals surface area contributed by atoms with Gasteiger partial charge in [0.15, 0.2) is 0 Å². The third kappa shape index (κ3) is 1.75. The molecule has 0 amide bonds. The number of aliphatic hydroxyl groups excluding tert-OH is 1. The van der Waals surface area contributed by atoms with Crippen molar-refractivity contribution in [1.82, 2.24) is 3.97 Å². The molecule has 0 aliphatic rings. The number of aromatic nitrogens is 1. The number of fused-ring (bicyclic) bond motifs is 1. The molecule has 0 radical (unpaired) electrons. The van der Waals surface area contributed by atoms with Crippen LogP contribution in [0.15, 0.2) is 30.5 Å². The Labute approximate surface area is 87.8 Å². The van der Waals surface area contributed by atoms with Crippen LogP contribution in [0.25, 0.3) is 10.9 Å². The number of benzene rings is 1. The molecule has 0 saturated carbocycles. The molecule has 1 N–H and O–H groups in total. The van der Waals surface area contributed by atoms with Crippen molar-refractivity contribution in [3.8, 4) is 0 Å². The average molecular weight is 225 g/mol. The quantitative estimate of drug-likeness (QED) is 0.827. The molecule has 15 heavy (non-hydrogen) atoms. The summed E-state index contributed by atoms with van der Waals surface area (Å²) < 4.78 is 24.0. The third-order valence-electron chi connectivity index (χ3n) is 2.26. The molecule has 1 aromatic heterocycles. The summed E-state index contributed by atoms with van der Waals surface area (Å²) in [5, 5.41) is 9.81. The first-order valence-corrected chi connectivity index (χ1v) is 6.28. The van der Waals surface area contributed by atoms with Crippen LogP contribution in [-0.4, -0.2) is 23.8 Å². The van der Waals surface area contributed by atoms with Crippen LogP contribution in [0.1, 0.15) is 5.56 Å². The molecule has 0 saturated heterocycles. The molecule has 2 rings (SSSR count). The maximum absolute atomic E-state index is 11.4. The van der Waals surface area contributed by atoms with Gasteiger partial charge in [-0.25, -0.2) is 12.4 Å². The smallest absolute Gasteiger partial charge is 0.236 e. The van der Waals surface area contributed by atoms with E-state index in [2.05, 4.69) is 0 Å². The van der Waals surface area contributed by atoms with E-state index in [4.69, 9.17) is 5.11 Å². The van der Waals surface area contributed by atoms with Gasteiger partial charge >= 0.3 is 0 Å². The Hall–Kier alpha value is -1.33. The Bertz CT molecular complexity index is 598. The van der Waals surface area contributed by atoms with Gasteiger partial charge in [0.25, 0.3) is 0 Å². The van der Waals surface area contributed by atoms with Gasteiger partial charge < -0.3 is 5.11 Å². The van der Waals surface area contributed by atoms with Crippen molar-refractivity contribution >= 4 is 20.9 Å². The van der Waals surface area contributed by atoms with E-state index in [0.717, 1.165) is 11.6 Å². The highest BCUT2D eigenvalue weighted by Gasteiger charge is 2.09. The lowest BCUT2D eigenvalue weighted by Crippen LogP contribution is -2.08. The lowest BCUT2D eigenvalue weighted by molar-refractivity contribution is 0.282. The highest BCUT2D eigenvalue weighted by Crippen LogP contribution is 2.19. The van der Waals surface area contributed by atoms with Crippen LogP contribution in [0.2, 0.25) is 0 Å². The lowest BCUT2D eigenvalue weighted by atomic mass is 10.2. The monoisotopic (exact) mass is 225 g/mol. The van der Waals surface area contributed by atoms with Crippen LogP contribution in [-0.2, 0) is 16.6 Å². The molecule has 0 atom stereocenters. The maximum Gasteiger partial charge on any atom is 0.236 e. The molecule has 80 valence electrons. The molecule has 0 bridgehead atoms. The van der Waals surface area contributed by atoms with Gasteiger partial charge in [0.2, 0.25) is 10.0 Å². The molecular formula is C10H11NO3S. The van der Waals surface area contributed by atoms with Gasteiger partial charge in [-0.15, -0.1) is 0 Å². The minimum absolute atomic E-state index is 0.0924. The Morgan fingerprint density at radius 2 is 2.07 bits per heavy atom. The van der Waals surface area contributed by atoms with Crippen LogP contribution in [0, 0.1) is 0 Å². The van der Waals surface area contributed by atoms with E-state index in [1.54, 1.807) is 24.3 Å². The number of hydrogen-bond acceptors (Lipinski definition) is 3. The van der Waals surface area contributed by atoms with Gasteiger partial charge in [0, 0.05) is 11.6 Å². The summed E-state index contributed by atoms with van der Waals surface area (Å²) in [5.74, 6) is 0. The predicted molar refractivity (Wildman–Crippen MR) is 58.1 cm³/mol. The van der Waals surface area contributed by atoms with E-state index in [1.807, 2.05) is 0 Å². The van der Waals surface area contributed by atoms with E-state index >= 15 is 0 Å². The van der Waals surface area contributed by atoms with Gasteiger partial charge in [-0.2, -0.15) is 0 Å². The Kier molecular flexibility index (Phi) is 2.28. The highest BCUT2D eigenvalue weighted by atomic mass is 32.2. The molecule has 0 aliphatic carbocycles. The normalized spacial score (nSPS) is 12.1. The van der Waals surface area contributed by atoms with E-state index in [0.29, 0.717) is 11.1 Å². The standard InChI is InChI=1S/C10H11NO3S/c1-15(13,14)11-5-4-9-3-2-8(7-12)6-10(9)11/h2-6,12H,7H2,1H3. The molecular weight excluding hydrogens is 214 g/mol. The van der Waals surface area contributed by atoms with Gasteiger partial charge in [-0.3, -0.25) is 0 Å². The molecule has 0 fully saturated rings. The predicted octanol–water partition coefficient (Wildman–Crippen LogP) is 0.941. The highest BCUT2D eigenvalue weighted by molar-refractivity contribution is 7.89. The lowest BCUT2D eigenvalue weighted by Gasteiger charge is -2.03. The summed E-state index contributed by atoms with van der Waals surface area (Å²) in [6, 6.07) is 6.98. The largest absolute Gasteiger partial charge is 0.392 e. The zero-order valence-electron chi connectivity index (χ0n) is 8.21. The molecule has 2 aromatic rings. The SMILES string of the molecule is CS(=O)(=O)n1ccc2ccc(CO)cc21. The van der Waals surface area contributed by atoms with Crippen molar-refractivity contribution in [2.75, 3.05) is 6.26 Å². The van der Waals surface area contributed by atoms with E-state index in [-0.39, 0.29) is 6.61 Å². The summed E-state index contributed by atoms with van der Waals surface area (Å²) in [4.78, 5) is 0. The Balaban J connectivity index is 2.78. The second kappa shape index (κ2) is 3.36. The third-order valence-corrected chi connectivity index (χ3v) is 3.29. The van der Waals surface area contributed by atoms with Crippen molar-refractivity contribution < 1.29 is 13.5 Å². The first-order chi connectivity index (χ1) is 7.02. The minimum Gasteiger partial charge on any atom is -0.392 e. The summed E-state index contributed by atoms with van der Waals surface area (Å²) >= 11 is 0.